The molecule has 29 heavy (non-hydrogen) atoms. The molecule has 5 nitrogen and oxygen atoms in total. The second kappa shape index (κ2) is 7.56. The Kier molecular flexibility index (Phi) is 4.94. The molecule has 1 aromatic heterocycles. The molecule has 0 N–H and O–H groups in total. The van der Waals surface area contributed by atoms with E-state index in [9.17, 15) is 13.2 Å². The molecule has 0 radical (unpaired) electrons. The average molecular weight is 405 g/mol. The number of furan rings is 1. The first-order chi connectivity index (χ1) is 14.0. The number of rotatable bonds is 5. The van der Waals surface area contributed by atoms with Gasteiger partial charge in [0.1, 0.15) is 0 Å². The van der Waals surface area contributed by atoms with Gasteiger partial charge in [0.2, 0.25) is 14.9 Å². The monoisotopic (exact) mass is 405 g/mol. The lowest BCUT2D eigenvalue weighted by molar-refractivity contribution is 0.0956. The molecule has 0 fully saturated rings. The van der Waals surface area contributed by atoms with Crippen LogP contribution in [0, 0.1) is 0 Å². The van der Waals surface area contributed by atoms with Crippen LogP contribution in [0.3, 0.4) is 0 Å². The number of nitrogens with zero attached hydrogens (tertiary/aromatic N) is 1. The molecule has 6 heteroatoms. The van der Waals surface area contributed by atoms with Crippen molar-refractivity contribution >= 4 is 32.2 Å². The highest BCUT2D eigenvalue weighted by atomic mass is 32.2. The van der Waals surface area contributed by atoms with Gasteiger partial charge < -0.3 is 9.32 Å². The van der Waals surface area contributed by atoms with Crippen molar-refractivity contribution in [3.63, 3.8) is 0 Å². The third kappa shape index (κ3) is 3.54. The van der Waals surface area contributed by atoms with E-state index in [0.29, 0.717) is 6.54 Å². The predicted molar refractivity (Wildman–Crippen MR) is 112 cm³/mol. The summed E-state index contributed by atoms with van der Waals surface area (Å²) in [6.45, 7) is 2.27. The van der Waals surface area contributed by atoms with Crippen LogP contribution < -0.4 is 4.90 Å². The van der Waals surface area contributed by atoms with Crippen LogP contribution in [0.5, 0.6) is 0 Å². The van der Waals surface area contributed by atoms with Gasteiger partial charge in [-0.25, -0.2) is 8.42 Å². The molecule has 0 aliphatic carbocycles. The minimum absolute atomic E-state index is 0.0190. The van der Waals surface area contributed by atoms with E-state index in [-0.39, 0.29) is 15.7 Å². The van der Waals surface area contributed by atoms with Crippen molar-refractivity contribution in [3.05, 3.63) is 90.7 Å². The van der Waals surface area contributed by atoms with Crippen molar-refractivity contribution in [3.8, 4) is 0 Å². The average Bonchev–Trinajstić information content (AvgIpc) is 3.26. The zero-order valence-corrected chi connectivity index (χ0v) is 16.6. The molecule has 1 heterocycles. The maximum atomic E-state index is 13.0. The number of sulfone groups is 1. The normalized spacial score (nSPS) is 11.5. The molecule has 3 aromatic carbocycles. The Morgan fingerprint density at radius 2 is 1.55 bits per heavy atom. The molecule has 0 bridgehead atoms. The van der Waals surface area contributed by atoms with Gasteiger partial charge in [-0.15, -0.1) is 0 Å². The first-order valence-corrected chi connectivity index (χ1v) is 10.7. The van der Waals surface area contributed by atoms with Crippen molar-refractivity contribution in [2.24, 2.45) is 0 Å². The van der Waals surface area contributed by atoms with Gasteiger partial charge in [-0.3, -0.25) is 4.79 Å². The van der Waals surface area contributed by atoms with E-state index < -0.39 is 15.7 Å². The fraction of sp³-hybridized carbons (Fsp3) is 0.0870. The number of carbonyl (C=O) groups excluding carboxylic acids is 1. The first-order valence-electron chi connectivity index (χ1n) is 9.21. The van der Waals surface area contributed by atoms with Gasteiger partial charge in [0.15, 0.2) is 5.76 Å². The molecule has 0 spiro atoms. The molecule has 0 aliphatic rings. The van der Waals surface area contributed by atoms with E-state index in [1.54, 1.807) is 23.1 Å². The molecule has 0 unspecified atom stereocenters. The summed E-state index contributed by atoms with van der Waals surface area (Å²) < 4.78 is 30.9. The minimum Gasteiger partial charge on any atom is -0.439 e. The zero-order chi connectivity index (χ0) is 20.4. The molecule has 146 valence electrons. The van der Waals surface area contributed by atoms with Gasteiger partial charge in [-0.2, -0.15) is 0 Å². The smallest absolute Gasteiger partial charge is 0.294 e. The number of hydrogen-bond donors (Lipinski definition) is 0. The number of anilines is 1. The van der Waals surface area contributed by atoms with Crippen LogP contribution in [0.2, 0.25) is 0 Å². The molecular weight excluding hydrogens is 386 g/mol. The van der Waals surface area contributed by atoms with Gasteiger partial charge in [0.05, 0.1) is 4.90 Å². The number of hydrogen-bond acceptors (Lipinski definition) is 4. The highest BCUT2D eigenvalue weighted by Crippen LogP contribution is 2.26. The number of benzene rings is 3. The lowest BCUT2D eigenvalue weighted by Gasteiger charge is -2.20. The summed E-state index contributed by atoms with van der Waals surface area (Å²) in [5.41, 5.74) is 0.722. The topological polar surface area (TPSA) is 67.6 Å². The van der Waals surface area contributed by atoms with E-state index in [4.69, 9.17) is 4.42 Å². The van der Waals surface area contributed by atoms with Crippen LogP contribution >= 0.6 is 0 Å². The van der Waals surface area contributed by atoms with Crippen molar-refractivity contribution in [1.29, 1.82) is 0 Å². The predicted octanol–water partition coefficient (Wildman–Crippen LogP) is 4.93. The molecule has 1 amide bonds. The van der Waals surface area contributed by atoms with E-state index in [0.717, 1.165) is 16.5 Å². The van der Waals surface area contributed by atoms with Gasteiger partial charge in [-0.05, 0) is 54.1 Å². The number of fused-ring (bicyclic) bond motifs is 1. The van der Waals surface area contributed by atoms with E-state index in [2.05, 4.69) is 0 Å². The first kappa shape index (κ1) is 19.0. The molecule has 0 saturated heterocycles. The maximum absolute atomic E-state index is 13.0. The lowest BCUT2D eigenvalue weighted by Crippen LogP contribution is -2.30. The molecule has 0 aliphatic heterocycles. The van der Waals surface area contributed by atoms with Gasteiger partial charge in [0, 0.05) is 12.2 Å². The zero-order valence-electron chi connectivity index (χ0n) is 15.8. The van der Waals surface area contributed by atoms with Crippen molar-refractivity contribution < 1.29 is 17.6 Å². The third-order valence-electron chi connectivity index (χ3n) is 4.72. The van der Waals surface area contributed by atoms with E-state index >= 15 is 0 Å². The molecule has 4 rings (SSSR count). The summed E-state index contributed by atoms with van der Waals surface area (Å²) in [6.07, 6.45) is 0. The largest absolute Gasteiger partial charge is 0.439 e. The van der Waals surface area contributed by atoms with Crippen LogP contribution in [0.1, 0.15) is 17.5 Å². The second-order valence-corrected chi connectivity index (χ2v) is 8.40. The summed E-state index contributed by atoms with van der Waals surface area (Å²) in [4.78, 5) is 14.7. The second-order valence-electron chi connectivity index (χ2n) is 6.52. The quantitative estimate of drug-likeness (QED) is 0.472. The van der Waals surface area contributed by atoms with Gasteiger partial charge >= 0.3 is 0 Å². The number of amides is 1. The molecule has 4 aromatic rings. The van der Waals surface area contributed by atoms with Crippen LogP contribution in [0.4, 0.5) is 5.69 Å². The van der Waals surface area contributed by atoms with Crippen LogP contribution in [-0.2, 0) is 9.84 Å². The molecular formula is C23H19NO4S. The molecule has 0 saturated carbocycles. The van der Waals surface area contributed by atoms with Gasteiger partial charge in [-0.1, -0.05) is 48.5 Å². The van der Waals surface area contributed by atoms with Crippen molar-refractivity contribution in [2.45, 2.75) is 16.9 Å². The van der Waals surface area contributed by atoms with Crippen LogP contribution in [0.25, 0.3) is 10.8 Å². The minimum atomic E-state index is -3.81. The van der Waals surface area contributed by atoms with Crippen LogP contribution in [0.15, 0.2) is 99.3 Å². The van der Waals surface area contributed by atoms with E-state index in [1.807, 2.05) is 49.4 Å². The Balaban J connectivity index is 1.66. The maximum Gasteiger partial charge on any atom is 0.294 e. The van der Waals surface area contributed by atoms with Crippen molar-refractivity contribution in [2.75, 3.05) is 11.4 Å². The Labute approximate surface area is 169 Å². The fourth-order valence-electron chi connectivity index (χ4n) is 3.22. The highest BCUT2D eigenvalue weighted by molar-refractivity contribution is 7.91. The van der Waals surface area contributed by atoms with Crippen LogP contribution in [-0.4, -0.2) is 20.9 Å². The third-order valence-corrected chi connectivity index (χ3v) is 6.36. The lowest BCUT2D eigenvalue weighted by atomic mass is 10.1. The van der Waals surface area contributed by atoms with Gasteiger partial charge in [0.25, 0.3) is 5.91 Å². The Morgan fingerprint density at radius 3 is 2.28 bits per heavy atom. The van der Waals surface area contributed by atoms with Crippen molar-refractivity contribution in [1.82, 2.24) is 0 Å². The standard InChI is InChI=1S/C23H19NO4S/c1-2-24(19-13-12-17-8-6-7-9-18(17)16-19)23(25)21-14-15-22(28-21)29(26,27)20-10-4-3-5-11-20/h3-16H,2H2,1H3. The summed E-state index contributed by atoms with van der Waals surface area (Å²) >= 11 is 0. The molecule has 0 atom stereocenters. The Bertz CT molecular complexity index is 1280. The summed E-state index contributed by atoms with van der Waals surface area (Å²) in [6, 6.07) is 24.4. The van der Waals surface area contributed by atoms with E-state index in [1.165, 1.54) is 24.3 Å². The Hall–Kier alpha value is -3.38. The highest BCUT2D eigenvalue weighted by Gasteiger charge is 2.25. The summed E-state index contributed by atoms with van der Waals surface area (Å²) in [5.74, 6) is -0.410. The fourth-order valence-corrected chi connectivity index (χ4v) is 4.41. The number of carbonyl (C=O) groups is 1. The Morgan fingerprint density at radius 1 is 0.862 bits per heavy atom. The summed E-state index contributed by atoms with van der Waals surface area (Å²) in [7, 11) is -3.81. The summed E-state index contributed by atoms with van der Waals surface area (Å²) in [5, 5.41) is 1.85. The SMILES string of the molecule is CCN(C(=O)c1ccc(S(=O)(=O)c2ccccc2)o1)c1ccc2ccccc2c1.